The van der Waals surface area contributed by atoms with Crippen molar-refractivity contribution in [1.82, 2.24) is 0 Å². The zero-order valence-corrected chi connectivity index (χ0v) is 11.3. The van der Waals surface area contributed by atoms with Gasteiger partial charge in [0.1, 0.15) is 11.5 Å². The van der Waals surface area contributed by atoms with Crippen LogP contribution in [0.2, 0.25) is 0 Å². The van der Waals surface area contributed by atoms with Gasteiger partial charge in [-0.05, 0) is 41.8 Å². The molecule has 8 heteroatoms. The molecule has 2 rings (SSSR count). The van der Waals surface area contributed by atoms with Gasteiger partial charge in [-0.15, -0.1) is 0 Å². The van der Waals surface area contributed by atoms with E-state index in [0.717, 1.165) is 12.1 Å². The minimum Gasteiger partial charge on any atom is -0.507 e. The summed E-state index contributed by atoms with van der Waals surface area (Å²) in [6.07, 6.45) is -9.76. The SMILES string of the molecule is Oc1ccc(Cc2ccc(O)c(C(F)(F)F)c2)cc1C(F)(F)F. The van der Waals surface area contributed by atoms with E-state index < -0.39 is 35.0 Å². The minimum atomic E-state index is -4.77. The molecular weight excluding hydrogens is 326 g/mol. The van der Waals surface area contributed by atoms with Crippen LogP contribution in [0.3, 0.4) is 0 Å². The first-order valence-electron chi connectivity index (χ1n) is 6.26. The molecule has 0 radical (unpaired) electrons. The van der Waals surface area contributed by atoms with E-state index in [1.54, 1.807) is 0 Å². The molecule has 0 aliphatic carbocycles. The van der Waals surface area contributed by atoms with Crippen LogP contribution in [0.5, 0.6) is 11.5 Å². The molecule has 0 atom stereocenters. The fourth-order valence-corrected chi connectivity index (χ4v) is 2.08. The third-order valence-corrected chi connectivity index (χ3v) is 3.14. The first-order chi connectivity index (χ1) is 10.5. The lowest BCUT2D eigenvalue weighted by Gasteiger charge is -2.13. The fraction of sp³-hybridized carbons (Fsp3) is 0.200. The predicted octanol–water partition coefficient (Wildman–Crippen LogP) is 4.73. The van der Waals surface area contributed by atoms with Gasteiger partial charge in [-0.2, -0.15) is 26.3 Å². The molecule has 0 heterocycles. The van der Waals surface area contributed by atoms with Gasteiger partial charge in [0, 0.05) is 0 Å². The van der Waals surface area contributed by atoms with Gasteiger partial charge >= 0.3 is 12.4 Å². The topological polar surface area (TPSA) is 40.5 Å². The van der Waals surface area contributed by atoms with Crippen molar-refractivity contribution in [2.75, 3.05) is 0 Å². The summed E-state index contributed by atoms with van der Waals surface area (Å²) in [5.41, 5.74) is -2.36. The summed E-state index contributed by atoms with van der Waals surface area (Å²) >= 11 is 0. The van der Waals surface area contributed by atoms with Crippen molar-refractivity contribution in [3.8, 4) is 11.5 Å². The molecule has 0 aromatic heterocycles. The number of hydrogen-bond donors (Lipinski definition) is 2. The van der Waals surface area contributed by atoms with Gasteiger partial charge < -0.3 is 10.2 Å². The van der Waals surface area contributed by atoms with Crippen molar-refractivity contribution in [1.29, 1.82) is 0 Å². The lowest BCUT2D eigenvalue weighted by atomic mass is 10.00. The van der Waals surface area contributed by atoms with Crippen molar-refractivity contribution in [2.45, 2.75) is 18.8 Å². The Labute approximate surface area is 126 Å². The molecule has 0 saturated carbocycles. The molecule has 0 spiro atoms. The van der Waals surface area contributed by atoms with Crippen LogP contribution in [-0.2, 0) is 18.8 Å². The Kier molecular flexibility index (Phi) is 4.19. The van der Waals surface area contributed by atoms with Crippen LogP contribution in [0, 0.1) is 0 Å². The zero-order valence-electron chi connectivity index (χ0n) is 11.3. The molecule has 2 nitrogen and oxygen atoms in total. The maximum Gasteiger partial charge on any atom is 0.419 e. The van der Waals surface area contributed by atoms with Crippen molar-refractivity contribution >= 4 is 0 Å². The Morgan fingerprint density at radius 1 is 0.652 bits per heavy atom. The highest BCUT2D eigenvalue weighted by atomic mass is 19.4. The predicted molar refractivity (Wildman–Crippen MR) is 69.0 cm³/mol. The summed E-state index contributed by atoms with van der Waals surface area (Å²) in [5, 5.41) is 18.4. The van der Waals surface area contributed by atoms with Crippen molar-refractivity contribution in [3.63, 3.8) is 0 Å². The van der Waals surface area contributed by atoms with E-state index in [2.05, 4.69) is 0 Å². The normalized spacial score (nSPS) is 12.4. The summed E-state index contributed by atoms with van der Waals surface area (Å²) in [7, 11) is 0. The van der Waals surface area contributed by atoms with Crippen LogP contribution < -0.4 is 0 Å². The Balaban J connectivity index is 2.37. The minimum absolute atomic E-state index is 0.0777. The molecule has 0 bridgehead atoms. The van der Waals surface area contributed by atoms with E-state index in [1.807, 2.05) is 0 Å². The first-order valence-corrected chi connectivity index (χ1v) is 6.26. The zero-order chi connectivity index (χ0) is 17.4. The molecule has 0 amide bonds. The van der Waals surface area contributed by atoms with Crippen LogP contribution in [0.1, 0.15) is 22.3 Å². The summed E-state index contributed by atoms with van der Waals surface area (Å²) in [5.74, 6) is -1.91. The van der Waals surface area contributed by atoms with Gasteiger partial charge in [-0.3, -0.25) is 0 Å². The molecule has 0 fully saturated rings. The highest BCUT2D eigenvalue weighted by Crippen LogP contribution is 2.38. The van der Waals surface area contributed by atoms with Crippen LogP contribution in [0.15, 0.2) is 36.4 Å². The second-order valence-corrected chi connectivity index (χ2v) is 4.88. The standard InChI is InChI=1S/C15H10F6O2/c16-14(17,18)10-6-8(1-3-12(10)22)5-9-2-4-13(23)11(7-9)15(19,20)21/h1-4,6-7,22-23H,5H2. The molecule has 124 valence electrons. The molecule has 0 aliphatic heterocycles. The van der Waals surface area contributed by atoms with Crippen molar-refractivity contribution < 1.29 is 36.6 Å². The third kappa shape index (κ3) is 3.88. The van der Waals surface area contributed by atoms with Gasteiger partial charge in [-0.1, -0.05) is 12.1 Å². The molecule has 2 aromatic carbocycles. The molecule has 0 saturated heterocycles. The van der Waals surface area contributed by atoms with Crippen molar-refractivity contribution in [3.05, 3.63) is 58.7 Å². The van der Waals surface area contributed by atoms with E-state index in [0.29, 0.717) is 12.1 Å². The number of phenols is 2. The Morgan fingerprint density at radius 3 is 1.30 bits per heavy atom. The quantitative estimate of drug-likeness (QED) is 0.779. The molecule has 0 unspecified atom stereocenters. The molecule has 2 N–H and O–H groups in total. The third-order valence-electron chi connectivity index (χ3n) is 3.14. The molecule has 0 aliphatic rings. The lowest BCUT2D eigenvalue weighted by Crippen LogP contribution is -2.07. The number of halogens is 6. The van der Waals surface area contributed by atoms with E-state index in [4.69, 9.17) is 0 Å². The largest absolute Gasteiger partial charge is 0.507 e. The second-order valence-electron chi connectivity index (χ2n) is 4.88. The molecule has 23 heavy (non-hydrogen) atoms. The van der Waals surface area contributed by atoms with E-state index in [1.165, 1.54) is 12.1 Å². The summed E-state index contributed by atoms with van der Waals surface area (Å²) < 4.78 is 76.2. The van der Waals surface area contributed by atoms with Crippen molar-refractivity contribution in [2.24, 2.45) is 0 Å². The van der Waals surface area contributed by atoms with E-state index in [-0.39, 0.29) is 17.5 Å². The summed E-state index contributed by atoms with van der Waals surface area (Å²) in [4.78, 5) is 0. The number of benzene rings is 2. The van der Waals surface area contributed by atoms with Crippen LogP contribution in [-0.4, -0.2) is 10.2 Å². The smallest absolute Gasteiger partial charge is 0.419 e. The Bertz CT molecular complexity index is 657. The number of rotatable bonds is 2. The van der Waals surface area contributed by atoms with Crippen LogP contribution in [0.4, 0.5) is 26.3 Å². The average molecular weight is 336 g/mol. The Morgan fingerprint density at radius 2 is 1.00 bits per heavy atom. The van der Waals surface area contributed by atoms with Gasteiger partial charge in [-0.25, -0.2) is 0 Å². The van der Waals surface area contributed by atoms with Crippen LogP contribution >= 0.6 is 0 Å². The van der Waals surface area contributed by atoms with Crippen LogP contribution in [0.25, 0.3) is 0 Å². The van der Waals surface area contributed by atoms with E-state index >= 15 is 0 Å². The summed E-state index contributed by atoms with van der Waals surface area (Å²) in [6, 6.07) is 5.40. The Hall–Kier alpha value is -2.38. The molecular formula is C15H10F6O2. The van der Waals surface area contributed by atoms with Gasteiger partial charge in [0.2, 0.25) is 0 Å². The maximum atomic E-state index is 12.7. The lowest BCUT2D eigenvalue weighted by molar-refractivity contribution is -0.139. The highest BCUT2D eigenvalue weighted by Gasteiger charge is 2.35. The van der Waals surface area contributed by atoms with E-state index in [9.17, 15) is 36.6 Å². The summed E-state index contributed by atoms with van der Waals surface area (Å²) in [6.45, 7) is 0. The van der Waals surface area contributed by atoms with Gasteiger partial charge in [0.05, 0.1) is 11.1 Å². The number of phenolic OH excluding ortho intramolecular Hbond substituents is 2. The molecule has 2 aromatic rings. The number of alkyl halides is 6. The van der Waals surface area contributed by atoms with Gasteiger partial charge in [0.25, 0.3) is 0 Å². The monoisotopic (exact) mass is 336 g/mol. The fourth-order valence-electron chi connectivity index (χ4n) is 2.08. The maximum absolute atomic E-state index is 12.7. The second kappa shape index (κ2) is 5.68. The number of aromatic hydroxyl groups is 2. The average Bonchev–Trinajstić information content (AvgIpc) is 2.40. The van der Waals surface area contributed by atoms with Gasteiger partial charge in [0.15, 0.2) is 0 Å². The number of hydrogen-bond acceptors (Lipinski definition) is 2. The highest BCUT2D eigenvalue weighted by molar-refractivity contribution is 5.43. The first kappa shape index (κ1) is 17.0.